The van der Waals surface area contributed by atoms with Crippen molar-refractivity contribution in [3.05, 3.63) is 64.7 Å². The van der Waals surface area contributed by atoms with E-state index >= 15 is 0 Å². The van der Waals surface area contributed by atoms with Gasteiger partial charge in [0.25, 0.3) is 5.91 Å². The first-order chi connectivity index (χ1) is 13.0. The molecule has 0 atom stereocenters. The third-order valence-corrected chi connectivity index (χ3v) is 6.17. The summed E-state index contributed by atoms with van der Waals surface area (Å²) in [5.41, 5.74) is -0.638. The average molecular weight is 430 g/mol. The summed E-state index contributed by atoms with van der Waals surface area (Å²) in [6, 6.07) is 10.2. The van der Waals surface area contributed by atoms with Crippen LogP contribution in [0.3, 0.4) is 0 Å². The zero-order valence-corrected chi connectivity index (χ0v) is 15.6. The Bertz CT molecular complexity index is 1120. The molecule has 11 heteroatoms. The number of halogens is 3. The fraction of sp³-hybridized carbons (Fsp3) is 0.118. The number of hydrogen-bond donors (Lipinski definition) is 2. The van der Waals surface area contributed by atoms with Crippen LogP contribution >= 0.6 is 11.3 Å². The number of nitrogens with two attached hydrogens (primary N) is 1. The van der Waals surface area contributed by atoms with Crippen LogP contribution in [-0.4, -0.2) is 14.3 Å². The Morgan fingerprint density at radius 1 is 1.14 bits per heavy atom. The molecule has 0 radical (unpaired) electrons. The summed E-state index contributed by atoms with van der Waals surface area (Å²) in [7, 11) is -3.81. The summed E-state index contributed by atoms with van der Waals surface area (Å²) in [6.45, 7) is 0.0403. The number of primary sulfonamides is 1. The van der Waals surface area contributed by atoms with Gasteiger partial charge in [0.1, 0.15) is 9.97 Å². The molecule has 148 valence electrons. The SMILES string of the molecule is NS(=O)(=O)c1ccc(CNC(=O)c2ccc(-c3cccc(C(F)(F)F)c3)o2)s1. The van der Waals surface area contributed by atoms with E-state index in [2.05, 4.69) is 5.32 Å². The van der Waals surface area contributed by atoms with E-state index in [1.807, 2.05) is 0 Å². The van der Waals surface area contributed by atoms with E-state index in [-0.39, 0.29) is 27.8 Å². The second-order valence-corrected chi connectivity index (χ2v) is 8.65. The van der Waals surface area contributed by atoms with Crippen LogP contribution in [0.4, 0.5) is 13.2 Å². The van der Waals surface area contributed by atoms with Crippen LogP contribution in [0.15, 0.2) is 57.2 Å². The third kappa shape index (κ3) is 4.61. The highest BCUT2D eigenvalue weighted by molar-refractivity contribution is 7.91. The van der Waals surface area contributed by atoms with Crippen molar-refractivity contribution in [3.8, 4) is 11.3 Å². The molecule has 0 fully saturated rings. The van der Waals surface area contributed by atoms with Gasteiger partial charge >= 0.3 is 6.18 Å². The molecule has 3 rings (SSSR count). The molecular weight excluding hydrogens is 417 g/mol. The number of carbonyl (C=O) groups is 1. The molecule has 1 aromatic carbocycles. The molecule has 2 heterocycles. The van der Waals surface area contributed by atoms with Gasteiger partial charge in [-0.15, -0.1) is 11.3 Å². The van der Waals surface area contributed by atoms with Crippen molar-refractivity contribution >= 4 is 27.3 Å². The molecule has 0 spiro atoms. The number of amides is 1. The van der Waals surface area contributed by atoms with Gasteiger partial charge in [0, 0.05) is 10.4 Å². The maximum absolute atomic E-state index is 12.8. The Morgan fingerprint density at radius 3 is 2.54 bits per heavy atom. The highest BCUT2D eigenvalue weighted by Crippen LogP contribution is 2.32. The number of hydrogen-bond acceptors (Lipinski definition) is 5. The molecule has 0 saturated carbocycles. The van der Waals surface area contributed by atoms with Crippen molar-refractivity contribution in [1.29, 1.82) is 0 Å². The number of benzene rings is 1. The minimum absolute atomic E-state index is 0.0263. The van der Waals surface area contributed by atoms with Crippen LogP contribution in [0.5, 0.6) is 0 Å². The Labute approximate surface area is 161 Å². The molecule has 0 aliphatic carbocycles. The molecule has 3 N–H and O–H groups in total. The topological polar surface area (TPSA) is 102 Å². The lowest BCUT2D eigenvalue weighted by Crippen LogP contribution is -2.21. The molecule has 6 nitrogen and oxygen atoms in total. The van der Waals surface area contributed by atoms with E-state index in [4.69, 9.17) is 9.56 Å². The quantitative estimate of drug-likeness (QED) is 0.646. The standard InChI is InChI=1S/C17H13F3N2O4S2/c18-17(19,20)11-3-1-2-10(8-11)13-5-6-14(26-13)16(23)22-9-12-4-7-15(27-12)28(21,24)25/h1-8H,9H2,(H,22,23)(H2,21,24,25). The van der Waals surface area contributed by atoms with Crippen LogP contribution < -0.4 is 10.5 Å². The molecule has 3 aromatic rings. The summed E-state index contributed by atoms with van der Waals surface area (Å²) in [4.78, 5) is 12.7. The van der Waals surface area contributed by atoms with Crippen LogP contribution in [0, 0.1) is 0 Å². The largest absolute Gasteiger partial charge is 0.451 e. The first-order valence-corrected chi connectivity index (χ1v) is 10.1. The molecule has 0 unspecified atom stereocenters. The second kappa shape index (κ2) is 7.41. The van der Waals surface area contributed by atoms with Crippen molar-refractivity contribution in [2.45, 2.75) is 16.9 Å². The van der Waals surface area contributed by atoms with E-state index in [0.29, 0.717) is 4.88 Å². The molecule has 28 heavy (non-hydrogen) atoms. The third-order valence-electron chi connectivity index (χ3n) is 3.64. The van der Waals surface area contributed by atoms with E-state index in [1.54, 1.807) is 0 Å². The number of thiophene rings is 1. The second-order valence-electron chi connectivity index (χ2n) is 5.69. The number of rotatable bonds is 5. The van der Waals surface area contributed by atoms with Gasteiger partial charge in [0.15, 0.2) is 5.76 Å². The van der Waals surface area contributed by atoms with Crippen molar-refractivity contribution in [2.75, 3.05) is 0 Å². The zero-order chi connectivity index (χ0) is 20.5. The lowest BCUT2D eigenvalue weighted by Gasteiger charge is -2.07. The summed E-state index contributed by atoms with van der Waals surface area (Å²) in [6.07, 6.45) is -4.49. The molecule has 0 bridgehead atoms. The minimum Gasteiger partial charge on any atom is -0.451 e. The summed E-state index contributed by atoms with van der Waals surface area (Å²) in [5, 5.41) is 7.57. The number of nitrogens with one attached hydrogen (secondary N) is 1. The van der Waals surface area contributed by atoms with E-state index in [9.17, 15) is 26.4 Å². The molecule has 1 amide bonds. The van der Waals surface area contributed by atoms with Gasteiger partial charge in [-0.2, -0.15) is 13.2 Å². The first-order valence-electron chi connectivity index (χ1n) is 7.71. The van der Waals surface area contributed by atoms with Gasteiger partial charge in [-0.25, -0.2) is 13.6 Å². The average Bonchev–Trinajstić information content (AvgIpc) is 3.28. The van der Waals surface area contributed by atoms with Gasteiger partial charge in [0.2, 0.25) is 10.0 Å². The predicted molar refractivity (Wildman–Crippen MR) is 96.0 cm³/mol. The first kappa shape index (κ1) is 20.1. The van der Waals surface area contributed by atoms with Crippen LogP contribution in [-0.2, 0) is 22.7 Å². The van der Waals surface area contributed by atoms with Gasteiger partial charge in [-0.3, -0.25) is 4.79 Å². The molecular formula is C17H13F3N2O4S2. The van der Waals surface area contributed by atoms with Crippen molar-refractivity contribution in [3.63, 3.8) is 0 Å². The molecule has 0 saturated heterocycles. The Kier molecular flexibility index (Phi) is 5.33. The normalized spacial score (nSPS) is 12.1. The monoisotopic (exact) mass is 430 g/mol. The minimum atomic E-state index is -4.49. The van der Waals surface area contributed by atoms with Crippen LogP contribution in [0.2, 0.25) is 0 Å². The Hall–Kier alpha value is -2.63. The van der Waals surface area contributed by atoms with Crippen molar-refractivity contribution in [2.24, 2.45) is 5.14 Å². The van der Waals surface area contributed by atoms with Crippen LogP contribution in [0.25, 0.3) is 11.3 Å². The van der Waals surface area contributed by atoms with E-state index < -0.39 is 27.7 Å². The van der Waals surface area contributed by atoms with Gasteiger partial charge in [-0.05, 0) is 36.4 Å². The summed E-state index contributed by atoms with van der Waals surface area (Å²) >= 11 is 0.918. The van der Waals surface area contributed by atoms with Crippen molar-refractivity contribution in [1.82, 2.24) is 5.32 Å². The summed E-state index contributed by atoms with van der Waals surface area (Å²) < 4.78 is 66.3. The van der Waals surface area contributed by atoms with Gasteiger partial charge in [0.05, 0.1) is 12.1 Å². The number of alkyl halides is 3. The predicted octanol–water partition coefficient (Wildman–Crippen LogP) is 3.60. The number of carbonyl (C=O) groups excluding carboxylic acids is 1. The van der Waals surface area contributed by atoms with E-state index in [0.717, 1.165) is 23.5 Å². The number of sulfonamides is 1. The Balaban J connectivity index is 1.70. The van der Waals surface area contributed by atoms with Crippen molar-refractivity contribution < 1.29 is 30.8 Å². The maximum Gasteiger partial charge on any atom is 0.416 e. The molecule has 0 aliphatic heterocycles. The smallest absolute Gasteiger partial charge is 0.416 e. The van der Waals surface area contributed by atoms with E-state index in [1.165, 1.54) is 36.4 Å². The zero-order valence-electron chi connectivity index (χ0n) is 14.0. The lowest BCUT2D eigenvalue weighted by molar-refractivity contribution is -0.137. The highest BCUT2D eigenvalue weighted by Gasteiger charge is 2.30. The summed E-state index contributed by atoms with van der Waals surface area (Å²) in [5.74, 6) is -0.566. The maximum atomic E-state index is 12.8. The number of furan rings is 1. The highest BCUT2D eigenvalue weighted by atomic mass is 32.2. The fourth-order valence-corrected chi connectivity index (χ4v) is 4.04. The van der Waals surface area contributed by atoms with Gasteiger partial charge in [-0.1, -0.05) is 12.1 Å². The lowest BCUT2D eigenvalue weighted by atomic mass is 10.1. The molecule has 2 aromatic heterocycles. The van der Waals surface area contributed by atoms with Crippen LogP contribution in [0.1, 0.15) is 21.0 Å². The van der Waals surface area contributed by atoms with Gasteiger partial charge < -0.3 is 9.73 Å². The fourth-order valence-electron chi connectivity index (χ4n) is 2.32. The Morgan fingerprint density at radius 2 is 1.89 bits per heavy atom. The molecule has 0 aliphatic rings.